The van der Waals surface area contributed by atoms with Gasteiger partial charge >= 0.3 is 39.5 Å². The summed E-state index contributed by atoms with van der Waals surface area (Å²) in [6.07, 6.45) is 69.4. The Morgan fingerprint density at radius 1 is 0.271 bits per heavy atom. The average Bonchev–Trinajstić information content (AvgIpc) is 0.917. The molecule has 0 heterocycles. The van der Waals surface area contributed by atoms with Gasteiger partial charge in [-0.1, -0.05) is 414 Å². The molecule has 0 bridgehead atoms. The van der Waals surface area contributed by atoms with Gasteiger partial charge in [-0.15, -0.1) is 0 Å². The minimum atomic E-state index is -4.97. The molecule has 107 heavy (non-hydrogen) atoms. The number of hydrogen-bond donors (Lipinski definition) is 3. The van der Waals surface area contributed by atoms with Crippen molar-refractivity contribution >= 4 is 39.5 Å². The molecule has 0 aliphatic carbocycles. The molecule has 0 spiro atoms. The SMILES string of the molecule is CCCCCCCCCCCCCCCCCCC(=O)O[C@H](COC(=O)CCCCCCCCCCC(C)C)COP(=O)(O)OC[C@H](O)COP(=O)(O)OC[C@@H](COC(=O)CCCCCCCCCCCCCCCCCC(C)C)OC(=O)CCCCCCCCCCCCCCCCCCCCC(C)CC. The van der Waals surface area contributed by atoms with Gasteiger partial charge in [0.1, 0.15) is 19.3 Å². The Morgan fingerprint density at radius 2 is 0.477 bits per heavy atom. The van der Waals surface area contributed by atoms with Crippen LogP contribution < -0.4 is 0 Å². The summed E-state index contributed by atoms with van der Waals surface area (Å²) in [5.74, 6) is 0.302. The third-order valence-corrected chi connectivity index (χ3v) is 22.9. The van der Waals surface area contributed by atoms with Crippen LogP contribution in [0.1, 0.15) is 466 Å². The van der Waals surface area contributed by atoms with Crippen LogP contribution in [0.3, 0.4) is 0 Å². The molecular formula is C88H172O17P2. The van der Waals surface area contributed by atoms with Crippen LogP contribution in [0.15, 0.2) is 0 Å². The van der Waals surface area contributed by atoms with Gasteiger partial charge in [0, 0.05) is 25.7 Å². The van der Waals surface area contributed by atoms with Crippen molar-refractivity contribution in [2.24, 2.45) is 17.8 Å². The van der Waals surface area contributed by atoms with Crippen molar-refractivity contribution in [1.29, 1.82) is 0 Å². The number of aliphatic hydroxyl groups is 1. The maximum absolute atomic E-state index is 13.2. The summed E-state index contributed by atoms with van der Waals surface area (Å²) >= 11 is 0. The second-order valence-corrected chi connectivity index (χ2v) is 35.7. The van der Waals surface area contributed by atoms with E-state index in [-0.39, 0.29) is 25.7 Å². The molecule has 0 fully saturated rings. The van der Waals surface area contributed by atoms with Crippen LogP contribution in [0, 0.1) is 17.8 Å². The Hall–Kier alpha value is -1.94. The molecule has 0 aliphatic rings. The molecule has 0 amide bonds. The Balaban J connectivity index is 5.24. The number of aliphatic hydroxyl groups excluding tert-OH is 1. The summed E-state index contributed by atoms with van der Waals surface area (Å²) in [6.45, 7) is 12.1. The van der Waals surface area contributed by atoms with Gasteiger partial charge in [-0.2, -0.15) is 0 Å². The van der Waals surface area contributed by atoms with E-state index in [4.69, 9.17) is 37.0 Å². The highest BCUT2D eigenvalue weighted by Crippen LogP contribution is 2.45. The molecule has 0 aromatic heterocycles. The number of unbranched alkanes of at least 4 members (excludes halogenated alkanes) is 53. The van der Waals surface area contributed by atoms with Gasteiger partial charge in [0.25, 0.3) is 0 Å². The molecule has 636 valence electrons. The smallest absolute Gasteiger partial charge is 0.462 e. The fourth-order valence-electron chi connectivity index (χ4n) is 13.7. The molecular weight excluding hydrogens is 1390 g/mol. The molecule has 0 saturated carbocycles. The van der Waals surface area contributed by atoms with E-state index < -0.39 is 97.5 Å². The molecule has 0 rings (SSSR count). The summed E-state index contributed by atoms with van der Waals surface area (Å²) in [5, 5.41) is 10.7. The zero-order valence-corrected chi connectivity index (χ0v) is 72.4. The topological polar surface area (TPSA) is 237 Å². The number of esters is 4. The van der Waals surface area contributed by atoms with E-state index in [0.717, 1.165) is 108 Å². The predicted octanol–water partition coefficient (Wildman–Crippen LogP) is 26.9. The Labute approximate surface area is 658 Å². The van der Waals surface area contributed by atoms with E-state index in [1.165, 1.54) is 276 Å². The van der Waals surface area contributed by atoms with Crippen LogP contribution in [0.4, 0.5) is 0 Å². The van der Waals surface area contributed by atoms with E-state index in [2.05, 4.69) is 48.5 Å². The molecule has 17 nitrogen and oxygen atoms in total. The minimum absolute atomic E-state index is 0.108. The average molecular weight is 1560 g/mol. The lowest BCUT2D eigenvalue weighted by molar-refractivity contribution is -0.161. The number of phosphoric acid groups is 2. The van der Waals surface area contributed by atoms with E-state index in [9.17, 15) is 43.2 Å². The molecule has 6 atom stereocenters. The van der Waals surface area contributed by atoms with Gasteiger partial charge in [-0.3, -0.25) is 37.3 Å². The predicted molar refractivity (Wildman–Crippen MR) is 441 cm³/mol. The van der Waals surface area contributed by atoms with Crippen molar-refractivity contribution in [1.82, 2.24) is 0 Å². The normalized spacial score (nSPS) is 14.1. The van der Waals surface area contributed by atoms with Crippen LogP contribution >= 0.6 is 15.6 Å². The van der Waals surface area contributed by atoms with Gasteiger partial charge in [0.15, 0.2) is 12.2 Å². The van der Waals surface area contributed by atoms with Gasteiger partial charge in [0.05, 0.1) is 26.4 Å². The summed E-state index contributed by atoms with van der Waals surface area (Å²) in [7, 11) is -9.93. The monoisotopic (exact) mass is 1560 g/mol. The van der Waals surface area contributed by atoms with E-state index in [1.54, 1.807) is 0 Å². The zero-order valence-electron chi connectivity index (χ0n) is 70.6. The van der Waals surface area contributed by atoms with E-state index >= 15 is 0 Å². The van der Waals surface area contributed by atoms with Gasteiger partial charge in [0.2, 0.25) is 0 Å². The maximum Gasteiger partial charge on any atom is 0.472 e. The lowest BCUT2D eigenvalue weighted by atomic mass is 9.99. The van der Waals surface area contributed by atoms with E-state index in [1.807, 2.05) is 0 Å². The second-order valence-electron chi connectivity index (χ2n) is 32.8. The van der Waals surface area contributed by atoms with Crippen LogP contribution in [-0.2, 0) is 65.4 Å². The first-order valence-electron chi connectivity index (χ1n) is 45.4. The molecule has 0 radical (unpaired) electrons. The Bertz CT molecular complexity index is 2060. The fraction of sp³-hybridized carbons (Fsp3) is 0.955. The second kappa shape index (κ2) is 78.0. The van der Waals surface area contributed by atoms with Crippen molar-refractivity contribution in [2.45, 2.75) is 484 Å². The first-order chi connectivity index (χ1) is 51.8. The van der Waals surface area contributed by atoms with Crippen molar-refractivity contribution in [3.8, 4) is 0 Å². The van der Waals surface area contributed by atoms with Crippen molar-refractivity contribution in [2.75, 3.05) is 39.6 Å². The van der Waals surface area contributed by atoms with Gasteiger partial charge < -0.3 is 33.8 Å². The van der Waals surface area contributed by atoms with Crippen molar-refractivity contribution in [3.05, 3.63) is 0 Å². The van der Waals surface area contributed by atoms with E-state index in [0.29, 0.717) is 25.7 Å². The van der Waals surface area contributed by atoms with Crippen molar-refractivity contribution in [3.63, 3.8) is 0 Å². The highest BCUT2D eigenvalue weighted by Gasteiger charge is 2.31. The third kappa shape index (κ3) is 80.5. The molecule has 19 heteroatoms. The standard InChI is InChI=1S/C88H172O17P2/c1-8-10-11-12-13-14-15-16-17-25-31-36-41-50-57-64-71-88(93)105-84(76-99-86(91)70-63-56-49-44-43-46-53-60-67-80(5)6)78-103-107(96,97)101-74-82(89)73-100-106(94,95)102-77-83(75-98-85(90)69-62-55-48-40-35-30-27-22-23-28-33-38-45-52-59-66-79(3)4)104-87(92)72-65-58-51-42-37-32-26-21-19-18-20-24-29-34-39-47-54-61-68-81(7)9-2/h79-84,89H,8-78H2,1-7H3,(H,94,95)(H,96,97)/t81?,82-,83-,84-/m1/s1. The summed E-state index contributed by atoms with van der Waals surface area (Å²) in [4.78, 5) is 73.3. The highest BCUT2D eigenvalue weighted by atomic mass is 31.2. The van der Waals surface area contributed by atoms with Crippen LogP contribution in [0.5, 0.6) is 0 Å². The van der Waals surface area contributed by atoms with Crippen LogP contribution in [0.2, 0.25) is 0 Å². The molecule has 0 aromatic rings. The maximum atomic E-state index is 13.2. The minimum Gasteiger partial charge on any atom is -0.462 e. The van der Waals surface area contributed by atoms with Crippen LogP contribution in [0.25, 0.3) is 0 Å². The first kappa shape index (κ1) is 105. The van der Waals surface area contributed by atoms with Crippen LogP contribution in [-0.4, -0.2) is 96.7 Å². The number of carbonyl (C=O) groups excluding carboxylic acids is 4. The molecule has 0 aliphatic heterocycles. The molecule has 3 N–H and O–H groups in total. The molecule has 3 unspecified atom stereocenters. The highest BCUT2D eigenvalue weighted by molar-refractivity contribution is 7.47. The number of phosphoric ester groups is 2. The summed E-state index contributed by atoms with van der Waals surface area (Å²) < 4.78 is 69.0. The Kier molecular flexibility index (Phi) is 76.6. The van der Waals surface area contributed by atoms with Crippen molar-refractivity contribution < 1.29 is 80.2 Å². The largest absolute Gasteiger partial charge is 0.472 e. The van der Waals surface area contributed by atoms with Gasteiger partial charge in [-0.05, 0) is 43.4 Å². The zero-order chi connectivity index (χ0) is 78.6. The fourth-order valence-corrected chi connectivity index (χ4v) is 15.3. The summed E-state index contributed by atoms with van der Waals surface area (Å²) in [5.41, 5.74) is 0. The van der Waals surface area contributed by atoms with Gasteiger partial charge in [-0.25, -0.2) is 9.13 Å². The summed E-state index contributed by atoms with van der Waals surface area (Å²) in [6, 6.07) is 0. The third-order valence-electron chi connectivity index (χ3n) is 21.0. The lowest BCUT2D eigenvalue weighted by Gasteiger charge is -2.21. The number of ether oxygens (including phenoxy) is 4. The quantitative estimate of drug-likeness (QED) is 0.0222. The Morgan fingerprint density at radius 3 is 0.710 bits per heavy atom. The first-order valence-corrected chi connectivity index (χ1v) is 48.4. The molecule has 0 saturated heterocycles. The lowest BCUT2D eigenvalue weighted by Crippen LogP contribution is -2.30. The number of carbonyl (C=O) groups is 4. The molecule has 0 aromatic carbocycles. The number of hydrogen-bond acceptors (Lipinski definition) is 15. The number of rotatable bonds is 86.